The maximum Gasteiger partial charge on any atom is 0.0499 e. The second-order valence-electron chi connectivity index (χ2n) is 4.29. The van der Waals surface area contributed by atoms with Gasteiger partial charge in [0.2, 0.25) is 0 Å². The van der Waals surface area contributed by atoms with Crippen molar-refractivity contribution in [3.63, 3.8) is 0 Å². The van der Waals surface area contributed by atoms with Crippen molar-refractivity contribution in [3.05, 3.63) is 21.9 Å². The van der Waals surface area contributed by atoms with E-state index >= 15 is 0 Å². The molecule has 3 heteroatoms. The molecule has 0 bridgehead atoms. The second-order valence-corrected chi connectivity index (χ2v) is 5.29. The van der Waals surface area contributed by atoms with Gasteiger partial charge in [0.05, 0.1) is 0 Å². The zero-order valence-corrected chi connectivity index (χ0v) is 9.36. The maximum atomic E-state index is 9.13. The van der Waals surface area contributed by atoms with Crippen molar-refractivity contribution in [2.75, 3.05) is 13.2 Å². The largest absolute Gasteiger partial charge is 0.396 e. The Morgan fingerprint density at radius 2 is 2.36 bits per heavy atom. The van der Waals surface area contributed by atoms with Gasteiger partial charge < -0.3 is 10.4 Å². The number of aryl methyl sites for hydroxylation is 1. The number of aliphatic hydroxyl groups is 1. The molecule has 14 heavy (non-hydrogen) atoms. The van der Waals surface area contributed by atoms with E-state index in [0.717, 1.165) is 13.1 Å². The zero-order valence-electron chi connectivity index (χ0n) is 8.55. The van der Waals surface area contributed by atoms with E-state index in [9.17, 15) is 0 Å². The lowest BCUT2D eigenvalue weighted by molar-refractivity contribution is 0.207. The summed E-state index contributed by atoms with van der Waals surface area (Å²) in [6, 6.07) is 2.15. The number of thiophene rings is 1. The average molecular weight is 211 g/mol. The molecule has 1 fully saturated rings. The SMILES string of the molecule is Cc1ccsc1CNCC1(CO)CC1. The lowest BCUT2D eigenvalue weighted by atomic mass is 10.1. The van der Waals surface area contributed by atoms with Crippen LogP contribution in [0.25, 0.3) is 0 Å². The van der Waals surface area contributed by atoms with Crippen LogP contribution < -0.4 is 5.32 Å². The molecule has 0 aliphatic heterocycles. The lowest BCUT2D eigenvalue weighted by Gasteiger charge is -2.12. The van der Waals surface area contributed by atoms with Crippen LogP contribution in [0.5, 0.6) is 0 Å². The third-order valence-electron chi connectivity index (χ3n) is 3.05. The van der Waals surface area contributed by atoms with E-state index in [4.69, 9.17) is 5.11 Å². The van der Waals surface area contributed by atoms with E-state index in [0.29, 0.717) is 6.61 Å². The lowest BCUT2D eigenvalue weighted by Crippen LogP contribution is -2.25. The fourth-order valence-electron chi connectivity index (χ4n) is 1.59. The van der Waals surface area contributed by atoms with Crippen molar-refractivity contribution in [1.82, 2.24) is 5.32 Å². The predicted octanol–water partition coefficient (Wildman–Crippen LogP) is 1.92. The van der Waals surface area contributed by atoms with Crippen LogP contribution in [-0.2, 0) is 6.54 Å². The van der Waals surface area contributed by atoms with E-state index in [-0.39, 0.29) is 5.41 Å². The third kappa shape index (κ3) is 2.16. The molecule has 2 N–H and O–H groups in total. The van der Waals surface area contributed by atoms with Crippen LogP contribution in [0.2, 0.25) is 0 Å². The van der Waals surface area contributed by atoms with Crippen LogP contribution in [0, 0.1) is 12.3 Å². The average Bonchev–Trinajstić information content (AvgIpc) is 2.86. The quantitative estimate of drug-likeness (QED) is 0.780. The molecule has 0 amide bonds. The van der Waals surface area contributed by atoms with Gasteiger partial charge in [-0.2, -0.15) is 0 Å². The van der Waals surface area contributed by atoms with Crippen LogP contribution in [0.15, 0.2) is 11.4 Å². The van der Waals surface area contributed by atoms with Crippen LogP contribution >= 0.6 is 11.3 Å². The standard InChI is InChI=1S/C11H17NOS/c1-9-2-5-14-10(9)6-12-7-11(8-13)3-4-11/h2,5,12-13H,3-4,6-8H2,1H3. The first-order chi connectivity index (χ1) is 6.76. The Morgan fingerprint density at radius 3 is 2.86 bits per heavy atom. The Kier molecular flexibility index (Phi) is 2.91. The predicted molar refractivity (Wildman–Crippen MR) is 59.5 cm³/mol. The number of hydrogen-bond acceptors (Lipinski definition) is 3. The molecule has 1 heterocycles. The molecular weight excluding hydrogens is 194 g/mol. The minimum Gasteiger partial charge on any atom is -0.396 e. The van der Waals surface area contributed by atoms with E-state index in [1.165, 1.54) is 23.3 Å². The molecule has 1 aromatic rings. The van der Waals surface area contributed by atoms with Gasteiger partial charge in [0.15, 0.2) is 0 Å². The van der Waals surface area contributed by atoms with Crippen LogP contribution in [0.4, 0.5) is 0 Å². The van der Waals surface area contributed by atoms with E-state index < -0.39 is 0 Å². The van der Waals surface area contributed by atoms with Crippen LogP contribution in [0.3, 0.4) is 0 Å². The van der Waals surface area contributed by atoms with Crippen molar-refractivity contribution in [2.45, 2.75) is 26.3 Å². The molecule has 0 aromatic carbocycles. The third-order valence-corrected chi connectivity index (χ3v) is 4.07. The Hall–Kier alpha value is -0.380. The summed E-state index contributed by atoms with van der Waals surface area (Å²) >= 11 is 1.80. The Morgan fingerprint density at radius 1 is 1.57 bits per heavy atom. The van der Waals surface area contributed by atoms with E-state index in [2.05, 4.69) is 23.7 Å². The minimum atomic E-state index is 0.227. The molecule has 78 valence electrons. The van der Waals surface area contributed by atoms with Gasteiger partial charge in [-0.1, -0.05) is 0 Å². The number of aliphatic hydroxyl groups excluding tert-OH is 1. The molecule has 1 aromatic heterocycles. The number of rotatable bonds is 5. The molecular formula is C11H17NOS. The molecule has 0 saturated heterocycles. The van der Waals surface area contributed by atoms with Gasteiger partial charge in [-0.3, -0.25) is 0 Å². The number of nitrogens with one attached hydrogen (secondary N) is 1. The van der Waals surface area contributed by atoms with E-state index in [1.54, 1.807) is 11.3 Å². The monoisotopic (exact) mass is 211 g/mol. The summed E-state index contributed by atoms with van der Waals surface area (Å²) in [6.45, 7) is 4.39. The molecule has 0 atom stereocenters. The van der Waals surface area contributed by atoms with Gasteiger partial charge in [-0.15, -0.1) is 11.3 Å². The molecule has 1 aliphatic rings. The first-order valence-corrected chi connectivity index (χ1v) is 5.98. The first kappa shape index (κ1) is 10.1. The highest BCUT2D eigenvalue weighted by atomic mass is 32.1. The Balaban J connectivity index is 1.76. The molecule has 1 saturated carbocycles. The molecule has 0 radical (unpaired) electrons. The second kappa shape index (κ2) is 4.01. The Labute approximate surface area is 89.0 Å². The molecule has 1 aliphatic carbocycles. The summed E-state index contributed by atoms with van der Waals surface area (Å²) < 4.78 is 0. The first-order valence-electron chi connectivity index (χ1n) is 5.10. The van der Waals surface area contributed by atoms with Crippen LogP contribution in [-0.4, -0.2) is 18.3 Å². The zero-order chi connectivity index (χ0) is 10.0. The van der Waals surface area contributed by atoms with Gasteiger partial charge >= 0.3 is 0 Å². The normalized spacial score (nSPS) is 18.4. The summed E-state index contributed by atoms with van der Waals surface area (Å²) in [7, 11) is 0. The highest BCUT2D eigenvalue weighted by molar-refractivity contribution is 7.10. The highest BCUT2D eigenvalue weighted by Crippen LogP contribution is 2.44. The summed E-state index contributed by atoms with van der Waals surface area (Å²) in [5.74, 6) is 0. The van der Waals surface area contributed by atoms with Crippen molar-refractivity contribution in [1.29, 1.82) is 0 Å². The van der Waals surface area contributed by atoms with Gasteiger partial charge in [0, 0.05) is 30.0 Å². The fraction of sp³-hybridized carbons (Fsp3) is 0.636. The summed E-state index contributed by atoms with van der Waals surface area (Å²) in [5.41, 5.74) is 1.60. The smallest absolute Gasteiger partial charge is 0.0499 e. The van der Waals surface area contributed by atoms with Crippen molar-refractivity contribution >= 4 is 11.3 Å². The fourth-order valence-corrected chi connectivity index (χ4v) is 2.47. The van der Waals surface area contributed by atoms with Gasteiger partial charge in [-0.25, -0.2) is 0 Å². The minimum absolute atomic E-state index is 0.227. The van der Waals surface area contributed by atoms with Crippen LogP contribution in [0.1, 0.15) is 23.3 Å². The molecule has 2 nitrogen and oxygen atoms in total. The molecule has 0 unspecified atom stereocenters. The molecule has 0 spiro atoms. The topological polar surface area (TPSA) is 32.3 Å². The summed E-state index contributed by atoms with van der Waals surface area (Å²) in [4.78, 5) is 1.42. The Bertz CT molecular complexity index is 304. The van der Waals surface area contributed by atoms with Crippen molar-refractivity contribution in [2.24, 2.45) is 5.41 Å². The summed E-state index contributed by atoms with van der Waals surface area (Å²) in [5, 5.41) is 14.7. The highest BCUT2D eigenvalue weighted by Gasteiger charge is 2.41. The molecule has 2 rings (SSSR count). The van der Waals surface area contributed by atoms with Crippen molar-refractivity contribution < 1.29 is 5.11 Å². The van der Waals surface area contributed by atoms with Crippen molar-refractivity contribution in [3.8, 4) is 0 Å². The number of hydrogen-bond donors (Lipinski definition) is 2. The van der Waals surface area contributed by atoms with Gasteiger partial charge in [-0.05, 0) is 36.8 Å². The summed E-state index contributed by atoms with van der Waals surface area (Å²) in [6.07, 6.45) is 2.36. The van der Waals surface area contributed by atoms with Gasteiger partial charge in [0.1, 0.15) is 0 Å². The maximum absolute atomic E-state index is 9.13. The van der Waals surface area contributed by atoms with E-state index in [1.807, 2.05) is 0 Å². The van der Waals surface area contributed by atoms with Gasteiger partial charge in [0.25, 0.3) is 0 Å².